The number of piperidine rings is 1. The highest BCUT2D eigenvalue weighted by atomic mass is 16.2. The Labute approximate surface area is 161 Å². The topological polar surface area (TPSA) is 81.9 Å². The number of likely N-dealkylation sites (tertiary alicyclic amines) is 1. The average molecular weight is 374 g/mol. The Bertz CT molecular complexity index is 650. The fourth-order valence-electron chi connectivity index (χ4n) is 3.98. The van der Waals surface area contributed by atoms with Crippen molar-refractivity contribution in [2.45, 2.75) is 26.2 Å². The normalized spacial score (nSPS) is 19.1. The molecule has 2 saturated heterocycles. The maximum absolute atomic E-state index is 12.7. The number of para-hydroxylation sites is 2. The summed E-state index contributed by atoms with van der Waals surface area (Å²) >= 11 is 0. The van der Waals surface area contributed by atoms with Gasteiger partial charge in [-0.2, -0.15) is 0 Å². The lowest BCUT2D eigenvalue weighted by Gasteiger charge is -2.37. The van der Waals surface area contributed by atoms with Gasteiger partial charge >= 0.3 is 6.03 Å². The Hall–Kier alpha value is -2.28. The fraction of sp³-hybridized carbons (Fsp3) is 0.600. The summed E-state index contributed by atoms with van der Waals surface area (Å²) < 4.78 is 0. The van der Waals surface area contributed by atoms with Crippen LogP contribution in [0.2, 0.25) is 0 Å². The monoisotopic (exact) mass is 373 g/mol. The van der Waals surface area contributed by atoms with Gasteiger partial charge in [0, 0.05) is 45.7 Å². The number of carbonyl (C=O) groups excluding carboxylic acids is 2. The third kappa shape index (κ3) is 5.13. The number of nitrogens with zero attached hydrogens (tertiary/aromatic N) is 3. The number of benzene rings is 1. The number of amides is 3. The molecular formula is C20H31N5O2. The largest absolute Gasteiger partial charge is 0.370 e. The van der Waals surface area contributed by atoms with Crippen LogP contribution in [0.25, 0.3) is 0 Å². The number of rotatable bonds is 5. The molecule has 3 amide bonds. The van der Waals surface area contributed by atoms with Crippen molar-refractivity contribution in [1.82, 2.24) is 9.80 Å². The maximum atomic E-state index is 12.7. The minimum absolute atomic E-state index is 0.0628. The Balaban J connectivity index is 1.58. The highest BCUT2D eigenvalue weighted by molar-refractivity contribution is 5.93. The average Bonchev–Trinajstić information content (AvgIpc) is 2.68. The van der Waals surface area contributed by atoms with Crippen molar-refractivity contribution < 1.29 is 9.59 Å². The summed E-state index contributed by atoms with van der Waals surface area (Å²) in [6.45, 7) is 8.65. The van der Waals surface area contributed by atoms with Crippen LogP contribution in [0.5, 0.6) is 0 Å². The van der Waals surface area contributed by atoms with Crippen LogP contribution in [0, 0.1) is 5.92 Å². The molecule has 2 aliphatic rings. The number of piperazine rings is 1. The summed E-state index contributed by atoms with van der Waals surface area (Å²) in [4.78, 5) is 30.4. The molecular weight excluding hydrogens is 342 g/mol. The van der Waals surface area contributed by atoms with Gasteiger partial charge in [0.15, 0.2) is 0 Å². The van der Waals surface area contributed by atoms with Crippen LogP contribution in [0.1, 0.15) is 26.2 Å². The van der Waals surface area contributed by atoms with Gasteiger partial charge < -0.3 is 25.8 Å². The summed E-state index contributed by atoms with van der Waals surface area (Å²) in [5.41, 5.74) is 7.24. The van der Waals surface area contributed by atoms with Gasteiger partial charge in [-0.05, 0) is 37.4 Å². The van der Waals surface area contributed by atoms with Gasteiger partial charge in [0.1, 0.15) is 0 Å². The van der Waals surface area contributed by atoms with Crippen molar-refractivity contribution in [1.29, 1.82) is 0 Å². The van der Waals surface area contributed by atoms with Gasteiger partial charge in [-0.3, -0.25) is 4.79 Å². The minimum Gasteiger partial charge on any atom is -0.370 e. The van der Waals surface area contributed by atoms with Crippen molar-refractivity contribution in [2.75, 3.05) is 56.0 Å². The van der Waals surface area contributed by atoms with Gasteiger partial charge in [-0.15, -0.1) is 0 Å². The van der Waals surface area contributed by atoms with Gasteiger partial charge in [-0.1, -0.05) is 19.1 Å². The number of urea groups is 1. The molecule has 1 aromatic rings. The fourth-order valence-corrected chi connectivity index (χ4v) is 3.98. The molecule has 7 heteroatoms. The number of nitrogens with two attached hydrogens (primary N) is 1. The molecule has 0 unspecified atom stereocenters. The number of likely N-dealkylation sites (N-methyl/N-ethyl adjacent to an activating group) is 1. The lowest BCUT2D eigenvalue weighted by molar-refractivity contribution is -0.119. The van der Waals surface area contributed by atoms with Crippen molar-refractivity contribution in [3.63, 3.8) is 0 Å². The van der Waals surface area contributed by atoms with E-state index in [0.29, 0.717) is 25.4 Å². The van der Waals surface area contributed by atoms with Crippen LogP contribution in [-0.2, 0) is 4.79 Å². The number of primary amides is 1. The molecule has 2 aliphatic heterocycles. The second kappa shape index (κ2) is 9.08. The molecule has 3 N–H and O–H groups in total. The number of carbonyl (C=O) groups is 2. The van der Waals surface area contributed by atoms with Crippen molar-refractivity contribution >= 4 is 23.3 Å². The van der Waals surface area contributed by atoms with E-state index in [1.807, 2.05) is 23.1 Å². The number of hydrogen-bond acceptors (Lipinski definition) is 4. The second-order valence-electron chi connectivity index (χ2n) is 7.47. The maximum Gasteiger partial charge on any atom is 0.321 e. The zero-order chi connectivity index (χ0) is 19.2. The van der Waals surface area contributed by atoms with Crippen molar-refractivity contribution in [3.8, 4) is 0 Å². The number of hydrogen-bond donors (Lipinski definition) is 2. The first-order valence-corrected chi connectivity index (χ1v) is 9.97. The van der Waals surface area contributed by atoms with Crippen LogP contribution in [0.15, 0.2) is 24.3 Å². The van der Waals surface area contributed by atoms with Crippen LogP contribution < -0.4 is 16.0 Å². The van der Waals surface area contributed by atoms with E-state index in [0.717, 1.165) is 56.9 Å². The van der Waals surface area contributed by atoms with Gasteiger partial charge in [-0.25, -0.2) is 4.79 Å². The molecule has 1 aromatic carbocycles. The van der Waals surface area contributed by atoms with E-state index in [1.165, 1.54) is 0 Å². The summed E-state index contributed by atoms with van der Waals surface area (Å²) in [6, 6.07) is 7.97. The van der Waals surface area contributed by atoms with E-state index in [4.69, 9.17) is 5.73 Å². The molecule has 0 saturated carbocycles. The molecule has 0 aliphatic carbocycles. The first-order valence-electron chi connectivity index (χ1n) is 9.97. The third-order valence-corrected chi connectivity index (χ3v) is 5.70. The van der Waals surface area contributed by atoms with Crippen LogP contribution in [0.4, 0.5) is 16.2 Å². The van der Waals surface area contributed by atoms with E-state index in [9.17, 15) is 9.59 Å². The van der Waals surface area contributed by atoms with Crippen LogP contribution in [0.3, 0.4) is 0 Å². The molecule has 0 aromatic heterocycles. The van der Waals surface area contributed by atoms with Crippen molar-refractivity contribution in [2.24, 2.45) is 11.7 Å². The lowest BCUT2D eigenvalue weighted by Crippen LogP contribution is -2.46. The first-order chi connectivity index (χ1) is 13.1. The smallest absolute Gasteiger partial charge is 0.321 e. The second-order valence-corrected chi connectivity index (χ2v) is 7.47. The molecule has 0 atom stereocenters. The summed E-state index contributed by atoms with van der Waals surface area (Å²) in [5.74, 6) is 0.0451. The van der Waals surface area contributed by atoms with Crippen LogP contribution in [-0.4, -0.2) is 67.6 Å². The molecule has 0 bridgehead atoms. The first kappa shape index (κ1) is 19.5. The standard InChI is InChI=1S/C20H31N5O2/c1-2-23-11-13-24(14-12-23)18-6-4-3-5-17(18)22-20(27)25-9-7-16(8-10-25)15-19(21)26/h3-6,16H,2,7-15H2,1H3,(H2,21,26)(H,22,27). The molecule has 148 valence electrons. The van der Waals surface area contributed by atoms with E-state index >= 15 is 0 Å². The van der Waals surface area contributed by atoms with Crippen LogP contribution >= 0.6 is 0 Å². The Morgan fingerprint density at radius 3 is 2.37 bits per heavy atom. The molecule has 2 fully saturated rings. The Morgan fingerprint density at radius 2 is 1.74 bits per heavy atom. The summed E-state index contributed by atoms with van der Waals surface area (Å²) in [7, 11) is 0. The van der Waals surface area contributed by atoms with E-state index in [-0.39, 0.29) is 11.9 Å². The molecule has 0 spiro atoms. The van der Waals surface area contributed by atoms with Gasteiger partial charge in [0.05, 0.1) is 11.4 Å². The van der Waals surface area contributed by atoms with Crippen molar-refractivity contribution in [3.05, 3.63) is 24.3 Å². The third-order valence-electron chi connectivity index (χ3n) is 5.70. The van der Waals surface area contributed by atoms with E-state index in [2.05, 4.69) is 28.1 Å². The van der Waals surface area contributed by atoms with E-state index in [1.54, 1.807) is 0 Å². The quantitative estimate of drug-likeness (QED) is 0.826. The summed E-state index contributed by atoms with van der Waals surface area (Å²) in [5, 5.41) is 3.10. The SMILES string of the molecule is CCN1CCN(c2ccccc2NC(=O)N2CCC(CC(N)=O)CC2)CC1. The molecule has 3 rings (SSSR count). The Kier molecular flexibility index (Phi) is 6.55. The lowest BCUT2D eigenvalue weighted by atomic mass is 9.93. The van der Waals surface area contributed by atoms with Gasteiger partial charge in [0.2, 0.25) is 5.91 Å². The molecule has 27 heavy (non-hydrogen) atoms. The highest BCUT2D eigenvalue weighted by Gasteiger charge is 2.25. The predicted molar refractivity (Wildman–Crippen MR) is 108 cm³/mol. The number of nitrogens with one attached hydrogen (secondary N) is 1. The van der Waals surface area contributed by atoms with Gasteiger partial charge in [0.25, 0.3) is 0 Å². The summed E-state index contributed by atoms with van der Waals surface area (Å²) in [6.07, 6.45) is 2.08. The minimum atomic E-state index is -0.255. The highest BCUT2D eigenvalue weighted by Crippen LogP contribution is 2.28. The zero-order valence-corrected chi connectivity index (χ0v) is 16.2. The Morgan fingerprint density at radius 1 is 1.07 bits per heavy atom. The predicted octanol–water partition coefficient (Wildman–Crippen LogP) is 1.95. The molecule has 0 radical (unpaired) electrons. The molecule has 7 nitrogen and oxygen atoms in total. The zero-order valence-electron chi connectivity index (χ0n) is 16.2. The number of anilines is 2. The van der Waals surface area contributed by atoms with E-state index < -0.39 is 0 Å². The molecule has 2 heterocycles.